The SMILES string of the molecule is CCCSc1ncccc1C(=O)Nc1cccc(C(F)(F)F)c1. The van der Waals surface area contributed by atoms with Gasteiger partial charge in [0.2, 0.25) is 0 Å². The molecule has 1 aromatic carbocycles. The Kier molecular flexibility index (Phi) is 5.65. The van der Waals surface area contributed by atoms with Crippen LogP contribution in [0.3, 0.4) is 0 Å². The minimum absolute atomic E-state index is 0.0973. The molecule has 2 rings (SSSR count). The second-order valence-corrected chi connectivity index (χ2v) is 5.82. The zero-order valence-electron chi connectivity index (χ0n) is 12.4. The zero-order valence-corrected chi connectivity index (χ0v) is 13.2. The van der Waals surface area contributed by atoms with E-state index in [2.05, 4.69) is 10.3 Å². The predicted octanol–water partition coefficient (Wildman–Crippen LogP) is 4.85. The average Bonchev–Trinajstić information content (AvgIpc) is 2.52. The van der Waals surface area contributed by atoms with Gasteiger partial charge in [0.1, 0.15) is 5.03 Å². The van der Waals surface area contributed by atoms with Gasteiger partial charge >= 0.3 is 6.18 Å². The van der Waals surface area contributed by atoms with Crippen molar-refractivity contribution in [1.29, 1.82) is 0 Å². The van der Waals surface area contributed by atoms with Gasteiger partial charge in [0.05, 0.1) is 11.1 Å². The third-order valence-electron chi connectivity index (χ3n) is 2.91. The van der Waals surface area contributed by atoms with E-state index in [1.807, 2.05) is 6.92 Å². The van der Waals surface area contributed by atoms with Crippen molar-refractivity contribution in [2.24, 2.45) is 0 Å². The number of amides is 1. The van der Waals surface area contributed by atoms with E-state index in [1.54, 1.807) is 18.3 Å². The van der Waals surface area contributed by atoms with Crippen molar-refractivity contribution < 1.29 is 18.0 Å². The molecule has 1 heterocycles. The van der Waals surface area contributed by atoms with Crippen LogP contribution >= 0.6 is 11.8 Å². The lowest BCUT2D eigenvalue weighted by Gasteiger charge is -2.11. The number of benzene rings is 1. The molecule has 0 bridgehead atoms. The van der Waals surface area contributed by atoms with Crippen molar-refractivity contribution in [2.75, 3.05) is 11.1 Å². The maximum Gasteiger partial charge on any atom is 0.416 e. The highest BCUT2D eigenvalue weighted by Gasteiger charge is 2.30. The van der Waals surface area contributed by atoms with Crippen molar-refractivity contribution in [1.82, 2.24) is 4.98 Å². The van der Waals surface area contributed by atoms with Gasteiger partial charge in [-0.1, -0.05) is 13.0 Å². The molecule has 7 heteroatoms. The summed E-state index contributed by atoms with van der Waals surface area (Å²) >= 11 is 1.44. The van der Waals surface area contributed by atoms with Gasteiger partial charge in [-0.05, 0) is 42.5 Å². The van der Waals surface area contributed by atoms with Gasteiger partial charge < -0.3 is 5.32 Å². The summed E-state index contributed by atoms with van der Waals surface area (Å²) < 4.78 is 38.1. The molecule has 0 saturated carbocycles. The fourth-order valence-corrected chi connectivity index (χ4v) is 2.70. The number of nitrogens with zero attached hydrogens (tertiary/aromatic N) is 1. The smallest absolute Gasteiger partial charge is 0.322 e. The van der Waals surface area contributed by atoms with Gasteiger partial charge in [0, 0.05) is 11.9 Å². The molecule has 0 fully saturated rings. The van der Waals surface area contributed by atoms with Crippen LogP contribution in [0.1, 0.15) is 29.3 Å². The van der Waals surface area contributed by atoms with Gasteiger partial charge in [0.25, 0.3) is 5.91 Å². The Labute approximate surface area is 136 Å². The average molecular weight is 340 g/mol. The highest BCUT2D eigenvalue weighted by molar-refractivity contribution is 7.99. The maximum atomic E-state index is 12.7. The summed E-state index contributed by atoms with van der Waals surface area (Å²) in [6.07, 6.45) is -1.94. The highest BCUT2D eigenvalue weighted by Crippen LogP contribution is 2.31. The number of pyridine rings is 1. The number of rotatable bonds is 5. The number of anilines is 1. The van der Waals surface area contributed by atoms with Crippen molar-refractivity contribution in [3.8, 4) is 0 Å². The van der Waals surface area contributed by atoms with E-state index >= 15 is 0 Å². The molecule has 0 aliphatic carbocycles. The normalized spacial score (nSPS) is 11.3. The van der Waals surface area contributed by atoms with E-state index in [1.165, 1.54) is 23.9 Å². The van der Waals surface area contributed by atoms with Gasteiger partial charge in [-0.15, -0.1) is 11.8 Å². The second-order valence-electron chi connectivity index (χ2n) is 4.74. The van der Waals surface area contributed by atoms with Gasteiger partial charge in [-0.3, -0.25) is 4.79 Å². The predicted molar refractivity (Wildman–Crippen MR) is 84.6 cm³/mol. The van der Waals surface area contributed by atoms with Crippen LogP contribution in [-0.2, 0) is 6.18 Å². The van der Waals surface area contributed by atoms with Gasteiger partial charge in [0.15, 0.2) is 0 Å². The summed E-state index contributed by atoms with van der Waals surface area (Å²) in [6, 6.07) is 7.77. The summed E-state index contributed by atoms with van der Waals surface area (Å²) in [6.45, 7) is 2.01. The van der Waals surface area contributed by atoms with Crippen LogP contribution in [0.15, 0.2) is 47.6 Å². The zero-order chi connectivity index (χ0) is 16.9. The fourth-order valence-electron chi connectivity index (χ4n) is 1.85. The molecule has 0 atom stereocenters. The second kappa shape index (κ2) is 7.50. The summed E-state index contributed by atoms with van der Waals surface area (Å²) in [5.41, 5.74) is -0.356. The molecule has 122 valence electrons. The third-order valence-corrected chi connectivity index (χ3v) is 4.12. The number of thioether (sulfide) groups is 1. The molecule has 1 amide bonds. The van der Waals surface area contributed by atoms with Crippen LogP contribution in [-0.4, -0.2) is 16.6 Å². The van der Waals surface area contributed by atoms with E-state index in [-0.39, 0.29) is 5.69 Å². The lowest BCUT2D eigenvalue weighted by atomic mass is 10.2. The number of nitrogens with one attached hydrogen (secondary N) is 1. The number of carbonyl (C=O) groups excluding carboxylic acids is 1. The van der Waals surface area contributed by atoms with E-state index in [0.29, 0.717) is 10.6 Å². The van der Waals surface area contributed by atoms with Crippen LogP contribution < -0.4 is 5.32 Å². The Balaban J connectivity index is 2.20. The van der Waals surface area contributed by atoms with Crippen molar-refractivity contribution in [2.45, 2.75) is 24.5 Å². The molecule has 3 nitrogen and oxygen atoms in total. The van der Waals surface area contributed by atoms with Crippen LogP contribution in [0.5, 0.6) is 0 Å². The fraction of sp³-hybridized carbons (Fsp3) is 0.250. The molecule has 0 aliphatic heterocycles. The number of halogens is 3. The van der Waals surface area contributed by atoms with E-state index < -0.39 is 17.6 Å². The third kappa shape index (κ3) is 4.72. The monoisotopic (exact) mass is 340 g/mol. The summed E-state index contributed by atoms with van der Waals surface area (Å²) in [4.78, 5) is 16.5. The number of hydrogen-bond donors (Lipinski definition) is 1. The topological polar surface area (TPSA) is 42.0 Å². The van der Waals surface area contributed by atoms with Crippen molar-refractivity contribution >= 4 is 23.4 Å². The molecular formula is C16H15F3N2OS. The number of hydrogen-bond acceptors (Lipinski definition) is 3. The van der Waals surface area contributed by atoms with Gasteiger partial charge in [-0.25, -0.2) is 4.98 Å². The number of carbonyl (C=O) groups is 1. The lowest BCUT2D eigenvalue weighted by molar-refractivity contribution is -0.137. The summed E-state index contributed by atoms with van der Waals surface area (Å²) in [5.74, 6) is 0.331. The molecule has 0 saturated heterocycles. The summed E-state index contributed by atoms with van der Waals surface area (Å²) in [5, 5.41) is 3.06. The Morgan fingerprint density at radius 2 is 2.04 bits per heavy atom. The Bertz CT molecular complexity index is 689. The van der Waals surface area contributed by atoms with Gasteiger partial charge in [-0.2, -0.15) is 13.2 Å². The molecule has 23 heavy (non-hydrogen) atoms. The Hall–Kier alpha value is -2.02. The lowest BCUT2D eigenvalue weighted by Crippen LogP contribution is -2.14. The molecule has 1 N–H and O–H groups in total. The van der Waals surface area contributed by atoms with Crippen LogP contribution in [0.2, 0.25) is 0 Å². The van der Waals surface area contributed by atoms with Crippen LogP contribution in [0.25, 0.3) is 0 Å². The highest BCUT2D eigenvalue weighted by atomic mass is 32.2. The molecule has 0 spiro atoms. The van der Waals surface area contributed by atoms with E-state index in [0.717, 1.165) is 24.3 Å². The molecule has 1 aromatic heterocycles. The van der Waals surface area contributed by atoms with E-state index in [9.17, 15) is 18.0 Å². The number of aromatic nitrogens is 1. The van der Waals surface area contributed by atoms with Crippen molar-refractivity contribution in [3.05, 3.63) is 53.7 Å². The first kappa shape index (κ1) is 17.3. The molecule has 0 aliphatic rings. The molecule has 0 radical (unpaired) electrons. The van der Waals surface area contributed by atoms with E-state index in [4.69, 9.17) is 0 Å². The van der Waals surface area contributed by atoms with Crippen LogP contribution in [0, 0.1) is 0 Å². The van der Waals surface area contributed by atoms with Crippen molar-refractivity contribution in [3.63, 3.8) is 0 Å². The molecule has 0 unspecified atom stereocenters. The molecule has 2 aromatic rings. The first-order valence-corrected chi connectivity index (χ1v) is 7.97. The largest absolute Gasteiger partial charge is 0.416 e. The molecular weight excluding hydrogens is 325 g/mol. The number of alkyl halides is 3. The van der Waals surface area contributed by atoms with Crippen LogP contribution in [0.4, 0.5) is 18.9 Å². The Morgan fingerprint density at radius 1 is 1.26 bits per heavy atom. The first-order chi connectivity index (χ1) is 10.9. The first-order valence-electron chi connectivity index (χ1n) is 6.98. The Morgan fingerprint density at radius 3 is 2.74 bits per heavy atom. The maximum absolute atomic E-state index is 12.7. The minimum atomic E-state index is -4.45. The standard InChI is InChI=1S/C16H15F3N2OS/c1-2-9-23-15-13(7-4-8-20-15)14(22)21-12-6-3-5-11(10-12)16(17,18)19/h3-8,10H,2,9H2,1H3,(H,21,22). The quantitative estimate of drug-likeness (QED) is 0.791. The minimum Gasteiger partial charge on any atom is -0.322 e. The summed E-state index contributed by atoms with van der Waals surface area (Å²) in [7, 11) is 0.